The summed E-state index contributed by atoms with van der Waals surface area (Å²) in [5.74, 6) is 1.88. The standard InChI is InChI=1S/C19H31NO/c1-3-13-20-18(14-16-7-5-4-6-8-16)15-17-9-11-19(21-2)12-10-17/h9-12,16,18,20H,3-8,13-15H2,1-2H3. The van der Waals surface area contributed by atoms with E-state index >= 15 is 0 Å². The van der Waals surface area contributed by atoms with Gasteiger partial charge in [-0.3, -0.25) is 0 Å². The monoisotopic (exact) mass is 289 g/mol. The fourth-order valence-electron chi connectivity index (χ4n) is 3.46. The van der Waals surface area contributed by atoms with E-state index in [1.165, 1.54) is 50.5 Å². The van der Waals surface area contributed by atoms with Crippen molar-refractivity contribution in [2.24, 2.45) is 5.92 Å². The van der Waals surface area contributed by atoms with Crippen molar-refractivity contribution in [2.75, 3.05) is 13.7 Å². The highest BCUT2D eigenvalue weighted by Gasteiger charge is 2.18. The predicted molar refractivity (Wildman–Crippen MR) is 90.0 cm³/mol. The molecule has 2 rings (SSSR count). The van der Waals surface area contributed by atoms with Gasteiger partial charge < -0.3 is 10.1 Å². The van der Waals surface area contributed by atoms with E-state index in [4.69, 9.17) is 4.74 Å². The fraction of sp³-hybridized carbons (Fsp3) is 0.684. The molecule has 0 heterocycles. The van der Waals surface area contributed by atoms with Crippen molar-refractivity contribution < 1.29 is 4.74 Å². The van der Waals surface area contributed by atoms with Gasteiger partial charge in [0.2, 0.25) is 0 Å². The fourth-order valence-corrected chi connectivity index (χ4v) is 3.46. The first-order valence-corrected chi connectivity index (χ1v) is 8.68. The van der Waals surface area contributed by atoms with Crippen LogP contribution in [0.4, 0.5) is 0 Å². The van der Waals surface area contributed by atoms with Crippen LogP contribution >= 0.6 is 0 Å². The summed E-state index contributed by atoms with van der Waals surface area (Å²) >= 11 is 0. The Morgan fingerprint density at radius 3 is 2.48 bits per heavy atom. The molecule has 1 aliphatic carbocycles. The van der Waals surface area contributed by atoms with Gasteiger partial charge in [0.25, 0.3) is 0 Å². The van der Waals surface area contributed by atoms with Crippen LogP contribution in [-0.2, 0) is 6.42 Å². The van der Waals surface area contributed by atoms with E-state index in [0.717, 1.165) is 24.6 Å². The lowest BCUT2D eigenvalue weighted by Crippen LogP contribution is -2.34. The van der Waals surface area contributed by atoms with Crippen molar-refractivity contribution in [3.8, 4) is 5.75 Å². The predicted octanol–water partition coefficient (Wildman–Crippen LogP) is 4.58. The van der Waals surface area contributed by atoms with Crippen molar-refractivity contribution in [1.29, 1.82) is 0 Å². The Hall–Kier alpha value is -1.02. The normalized spacial score (nSPS) is 17.6. The van der Waals surface area contributed by atoms with Crippen LogP contribution in [0, 0.1) is 5.92 Å². The van der Waals surface area contributed by atoms with Crippen molar-refractivity contribution in [3.05, 3.63) is 29.8 Å². The van der Waals surface area contributed by atoms with E-state index in [9.17, 15) is 0 Å². The number of benzene rings is 1. The zero-order chi connectivity index (χ0) is 14.9. The molecule has 1 saturated carbocycles. The van der Waals surface area contributed by atoms with Crippen LogP contribution in [0.1, 0.15) is 57.4 Å². The Bertz CT molecular complexity index is 381. The van der Waals surface area contributed by atoms with Gasteiger partial charge in [-0.2, -0.15) is 0 Å². The molecule has 118 valence electrons. The molecule has 0 amide bonds. The van der Waals surface area contributed by atoms with Gasteiger partial charge in [0.1, 0.15) is 5.75 Å². The third-order valence-electron chi connectivity index (χ3n) is 4.67. The molecule has 1 fully saturated rings. The lowest BCUT2D eigenvalue weighted by Gasteiger charge is -2.27. The topological polar surface area (TPSA) is 21.3 Å². The van der Waals surface area contributed by atoms with Crippen LogP contribution in [-0.4, -0.2) is 19.7 Å². The minimum Gasteiger partial charge on any atom is -0.497 e. The van der Waals surface area contributed by atoms with Gasteiger partial charge in [-0.25, -0.2) is 0 Å². The van der Waals surface area contributed by atoms with Crippen LogP contribution in [0.25, 0.3) is 0 Å². The first kappa shape index (κ1) is 16.4. The van der Waals surface area contributed by atoms with Crippen LogP contribution in [0.5, 0.6) is 5.75 Å². The van der Waals surface area contributed by atoms with Gasteiger partial charge in [0.15, 0.2) is 0 Å². The second kappa shape index (κ2) is 9.09. The molecule has 21 heavy (non-hydrogen) atoms. The van der Waals surface area contributed by atoms with Crippen molar-refractivity contribution in [3.63, 3.8) is 0 Å². The van der Waals surface area contributed by atoms with Crippen molar-refractivity contribution >= 4 is 0 Å². The summed E-state index contributed by atoms with van der Waals surface area (Å²) in [6.45, 7) is 3.38. The van der Waals surface area contributed by atoms with Gasteiger partial charge in [-0.1, -0.05) is 51.2 Å². The summed E-state index contributed by atoms with van der Waals surface area (Å²) in [4.78, 5) is 0. The summed E-state index contributed by atoms with van der Waals surface area (Å²) in [5.41, 5.74) is 1.42. The smallest absolute Gasteiger partial charge is 0.118 e. The number of hydrogen-bond acceptors (Lipinski definition) is 2. The third kappa shape index (κ3) is 5.70. The van der Waals surface area contributed by atoms with Crippen LogP contribution in [0.15, 0.2) is 24.3 Å². The number of rotatable bonds is 8. The van der Waals surface area contributed by atoms with Gasteiger partial charge in [-0.15, -0.1) is 0 Å². The Labute approximate surface area is 130 Å². The quantitative estimate of drug-likeness (QED) is 0.756. The second-order valence-electron chi connectivity index (χ2n) is 6.44. The zero-order valence-corrected chi connectivity index (χ0v) is 13.7. The minimum absolute atomic E-state index is 0.626. The molecule has 0 bridgehead atoms. The average molecular weight is 289 g/mol. The summed E-state index contributed by atoms with van der Waals surface area (Å²) in [5, 5.41) is 3.76. The third-order valence-corrected chi connectivity index (χ3v) is 4.67. The molecular weight excluding hydrogens is 258 g/mol. The molecule has 1 aliphatic rings. The molecule has 1 atom stereocenters. The Kier molecular flexibility index (Phi) is 7.08. The number of ether oxygens (including phenoxy) is 1. The molecule has 1 aromatic rings. The Morgan fingerprint density at radius 1 is 1.14 bits per heavy atom. The summed E-state index contributed by atoms with van der Waals surface area (Å²) in [7, 11) is 1.73. The van der Waals surface area contributed by atoms with E-state index in [-0.39, 0.29) is 0 Å². The Balaban J connectivity index is 1.90. The molecule has 0 aromatic heterocycles. The lowest BCUT2D eigenvalue weighted by atomic mass is 9.83. The maximum absolute atomic E-state index is 5.24. The largest absolute Gasteiger partial charge is 0.497 e. The molecule has 1 unspecified atom stereocenters. The molecule has 0 spiro atoms. The lowest BCUT2D eigenvalue weighted by molar-refractivity contribution is 0.296. The molecule has 0 radical (unpaired) electrons. The van der Waals surface area contributed by atoms with Gasteiger partial charge in [-0.05, 0) is 49.4 Å². The van der Waals surface area contributed by atoms with Gasteiger partial charge in [0, 0.05) is 6.04 Å². The van der Waals surface area contributed by atoms with E-state index in [0.29, 0.717) is 6.04 Å². The zero-order valence-electron chi connectivity index (χ0n) is 13.7. The maximum atomic E-state index is 5.24. The van der Waals surface area contributed by atoms with E-state index < -0.39 is 0 Å². The molecule has 0 saturated heterocycles. The van der Waals surface area contributed by atoms with E-state index in [1.807, 2.05) is 0 Å². The van der Waals surface area contributed by atoms with Crippen LogP contribution < -0.4 is 10.1 Å². The maximum Gasteiger partial charge on any atom is 0.118 e. The second-order valence-corrected chi connectivity index (χ2v) is 6.44. The molecule has 1 aromatic carbocycles. The molecule has 2 nitrogen and oxygen atoms in total. The highest BCUT2D eigenvalue weighted by atomic mass is 16.5. The van der Waals surface area contributed by atoms with Crippen molar-refractivity contribution in [1.82, 2.24) is 5.32 Å². The minimum atomic E-state index is 0.626. The molecule has 0 aliphatic heterocycles. The van der Waals surface area contributed by atoms with Crippen molar-refractivity contribution in [2.45, 2.75) is 64.3 Å². The van der Waals surface area contributed by atoms with Crippen LogP contribution in [0.3, 0.4) is 0 Å². The van der Waals surface area contributed by atoms with E-state index in [2.05, 4.69) is 36.5 Å². The Morgan fingerprint density at radius 2 is 1.86 bits per heavy atom. The van der Waals surface area contributed by atoms with E-state index in [1.54, 1.807) is 7.11 Å². The van der Waals surface area contributed by atoms with Gasteiger partial charge in [0.05, 0.1) is 7.11 Å². The van der Waals surface area contributed by atoms with Crippen LogP contribution in [0.2, 0.25) is 0 Å². The summed E-state index contributed by atoms with van der Waals surface area (Å²) < 4.78 is 5.24. The summed E-state index contributed by atoms with van der Waals surface area (Å²) in [6, 6.07) is 9.20. The first-order valence-electron chi connectivity index (χ1n) is 8.68. The number of nitrogens with one attached hydrogen (secondary N) is 1. The van der Waals surface area contributed by atoms with Gasteiger partial charge >= 0.3 is 0 Å². The molecule has 1 N–H and O–H groups in total. The highest BCUT2D eigenvalue weighted by Crippen LogP contribution is 2.28. The first-order chi connectivity index (χ1) is 10.3. The summed E-state index contributed by atoms with van der Waals surface area (Å²) in [6.07, 6.45) is 10.9. The molecular formula is C19H31NO. The number of methoxy groups -OCH3 is 1. The molecule has 2 heteroatoms. The average Bonchev–Trinajstić information content (AvgIpc) is 2.54. The number of hydrogen-bond donors (Lipinski definition) is 1. The highest BCUT2D eigenvalue weighted by molar-refractivity contribution is 5.27. The SMILES string of the molecule is CCCNC(Cc1ccc(OC)cc1)CC1CCCCC1.